The Kier molecular flexibility index (Phi) is 7.99. The summed E-state index contributed by atoms with van der Waals surface area (Å²) in [5.41, 5.74) is 2.91. The van der Waals surface area contributed by atoms with Crippen LogP contribution < -0.4 is 5.32 Å². The zero-order valence-corrected chi connectivity index (χ0v) is 30.8. The number of rotatable bonds is 9. The number of imide groups is 2. The minimum Gasteiger partial charge on any atom is -0.317 e. The van der Waals surface area contributed by atoms with E-state index >= 15 is 0 Å². The lowest BCUT2D eigenvalue weighted by Gasteiger charge is -2.29. The number of nitrogens with one attached hydrogen (secondary N) is 1. The minimum atomic E-state index is -0.523. The van der Waals surface area contributed by atoms with Gasteiger partial charge in [-0.15, -0.1) is 0 Å². The highest BCUT2D eigenvalue weighted by atomic mass is 16.2. The molecular weight excluding hydrogens is 735 g/mol. The Hall–Kier alpha value is -7.24. The zero-order chi connectivity index (χ0) is 40.0. The molecule has 11 nitrogen and oxygen atoms in total. The van der Waals surface area contributed by atoms with Crippen LogP contribution in [0.4, 0.5) is 0 Å². The number of amides is 4. The van der Waals surface area contributed by atoms with Gasteiger partial charge in [-0.2, -0.15) is 0 Å². The average molecular weight is 766 g/mol. The number of benzene rings is 6. The molecule has 6 aromatic rings. The molecule has 2 aliphatic carbocycles. The fraction of sp³-hybridized carbons (Fsp3) is 0.149. The molecule has 0 saturated heterocycles. The summed E-state index contributed by atoms with van der Waals surface area (Å²) in [6.07, 6.45) is 1.55. The van der Waals surface area contributed by atoms with Crippen molar-refractivity contribution in [1.29, 1.82) is 0 Å². The van der Waals surface area contributed by atoms with Gasteiger partial charge in [-0.05, 0) is 67.4 Å². The molecule has 4 amide bonds. The molecule has 282 valence electrons. The highest BCUT2D eigenvalue weighted by Gasteiger charge is 2.40. The van der Waals surface area contributed by atoms with Crippen molar-refractivity contribution in [3.63, 3.8) is 0 Å². The van der Waals surface area contributed by atoms with E-state index in [-0.39, 0.29) is 80.7 Å². The monoisotopic (exact) mass is 765 g/mol. The molecule has 0 atom stereocenters. The van der Waals surface area contributed by atoms with Gasteiger partial charge in [-0.1, -0.05) is 72.8 Å². The average Bonchev–Trinajstić information content (AvgIpc) is 3.25. The molecular formula is C47H31N3O8. The van der Waals surface area contributed by atoms with Gasteiger partial charge in [0.15, 0.2) is 23.1 Å². The third-order valence-electron chi connectivity index (χ3n) is 11.7. The number of nitrogens with zero attached hydrogens (tertiary/aromatic N) is 2. The van der Waals surface area contributed by atoms with E-state index in [1.165, 1.54) is 21.9 Å². The maximum absolute atomic E-state index is 13.8. The van der Waals surface area contributed by atoms with Crippen LogP contribution in [0.1, 0.15) is 124 Å². The number of carbonyl (C=O) groups is 8. The molecule has 0 radical (unpaired) electrons. The SMILES string of the molecule is O=C1c2ccccc2C(=O)c2c1cc1c3c(cccc23)C(=O)N(CCCCNCCCN2C(=O)c3cccc4c5c(cc(c34)C2=O)C(=O)c2ccccc2C5=O)C1=O. The second kappa shape index (κ2) is 13.2. The summed E-state index contributed by atoms with van der Waals surface area (Å²) in [5, 5.41) is 4.89. The highest BCUT2D eigenvalue weighted by molar-refractivity contribution is 6.37. The molecule has 11 heteroatoms. The Balaban J connectivity index is 0.781. The summed E-state index contributed by atoms with van der Waals surface area (Å²) in [4.78, 5) is 112. The molecule has 0 saturated carbocycles. The quantitative estimate of drug-likeness (QED) is 0.134. The summed E-state index contributed by atoms with van der Waals surface area (Å²) in [6, 6.07) is 26.0. The van der Waals surface area contributed by atoms with Gasteiger partial charge in [0, 0.05) is 90.6 Å². The summed E-state index contributed by atoms with van der Waals surface area (Å²) >= 11 is 0. The fourth-order valence-corrected chi connectivity index (χ4v) is 9.01. The third kappa shape index (κ3) is 4.96. The number of fused-ring (bicyclic) bond motifs is 6. The molecule has 2 heterocycles. The summed E-state index contributed by atoms with van der Waals surface area (Å²) in [7, 11) is 0. The van der Waals surface area contributed by atoms with Crippen molar-refractivity contribution in [1.82, 2.24) is 15.1 Å². The van der Waals surface area contributed by atoms with Crippen LogP contribution in [0.25, 0.3) is 21.5 Å². The van der Waals surface area contributed by atoms with E-state index in [0.29, 0.717) is 76.2 Å². The first-order valence-corrected chi connectivity index (χ1v) is 19.2. The second-order valence-corrected chi connectivity index (χ2v) is 14.9. The lowest BCUT2D eigenvalue weighted by atomic mass is 9.79. The molecule has 10 rings (SSSR count). The number of hydrogen-bond donors (Lipinski definition) is 1. The van der Waals surface area contributed by atoms with Gasteiger partial charge in [0.2, 0.25) is 0 Å². The Morgan fingerprint density at radius 3 is 1.21 bits per heavy atom. The van der Waals surface area contributed by atoms with Crippen molar-refractivity contribution in [2.75, 3.05) is 26.2 Å². The molecule has 0 fully saturated rings. The van der Waals surface area contributed by atoms with E-state index in [1.54, 1.807) is 84.9 Å². The Bertz CT molecular complexity index is 2780. The molecule has 0 bridgehead atoms. The summed E-state index contributed by atoms with van der Waals surface area (Å²) in [5.74, 6) is -3.28. The molecule has 6 aromatic carbocycles. The zero-order valence-electron chi connectivity index (χ0n) is 30.8. The van der Waals surface area contributed by atoms with E-state index in [9.17, 15) is 38.4 Å². The summed E-state index contributed by atoms with van der Waals surface area (Å²) in [6.45, 7) is 1.28. The first-order chi connectivity index (χ1) is 28.2. The second-order valence-electron chi connectivity index (χ2n) is 14.9. The van der Waals surface area contributed by atoms with Crippen molar-refractivity contribution < 1.29 is 38.4 Å². The Morgan fingerprint density at radius 2 is 0.741 bits per heavy atom. The van der Waals surface area contributed by atoms with Crippen molar-refractivity contribution in [3.05, 3.63) is 164 Å². The van der Waals surface area contributed by atoms with Crippen molar-refractivity contribution in [2.24, 2.45) is 0 Å². The van der Waals surface area contributed by atoms with Crippen LogP contribution in [-0.2, 0) is 0 Å². The number of unbranched alkanes of at least 4 members (excludes halogenated alkanes) is 1. The van der Waals surface area contributed by atoms with Gasteiger partial charge in [0.05, 0.1) is 0 Å². The van der Waals surface area contributed by atoms with E-state index in [0.717, 1.165) is 0 Å². The third-order valence-corrected chi connectivity index (χ3v) is 11.7. The van der Waals surface area contributed by atoms with E-state index < -0.39 is 23.6 Å². The predicted octanol–water partition coefficient (Wildman–Crippen LogP) is 6.20. The number of hydrogen-bond acceptors (Lipinski definition) is 9. The first kappa shape index (κ1) is 35.2. The lowest BCUT2D eigenvalue weighted by Crippen LogP contribution is -2.42. The fourth-order valence-electron chi connectivity index (χ4n) is 9.01. The standard InChI is InChI=1S/C47H31N3O8/c51-40-24-10-1-3-12-26(24)42(53)38-28-14-7-16-30-36(28)34(22-32(38)40)46(57)49(44(30)55)20-6-5-18-48-19-9-21-50-45(56)31-17-8-15-29-37(31)35(47(50)58)23-33-39(29)43(54)27-13-4-2-11-25(27)41(33)52/h1-4,7-8,10-17,22-23,48H,5-6,9,18-21H2. The lowest BCUT2D eigenvalue weighted by molar-refractivity contribution is 0.0591. The molecule has 0 unspecified atom stereocenters. The van der Waals surface area contributed by atoms with Crippen LogP contribution in [0.2, 0.25) is 0 Å². The first-order valence-electron chi connectivity index (χ1n) is 19.2. The van der Waals surface area contributed by atoms with E-state index in [4.69, 9.17) is 0 Å². The molecule has 4 aliphatic rings. The molecule has 58 heavy (non-hydrogen) atoms. The van der Waals surface area contributed by atoms with Crippen LogP contribution in [-0.4, -0.2) is 82.7 Å². The maximum atomic E-state index is 13.8. The van der Waals surface area contributed by atoms with Gasteiger partial charge in [-0.25, -0.2) is 0 Å². The largest absolute Gasteiger partial charge is 0.317 e. The Labute approximate surface area is 330 Å². The maximum Gasteiger partial charge on any atom is 0.261 e. The predicted molar refractivity (Wildman–Crippen MR) is 212 cm³/mol. The van der Waals surface area contributed by atoms with Crippen LogP contribution in [0, 0.1) is 0 Å². The molecule has 2 aliphatic heterocycles. The van der Waals surface area contributed by atoms with Gasteiger partial charge in [0.25, 0.3) is 23.6 Å². The van der Waals surface area contributed by atoms with Crippen LogP contribution in [0.15, 0.2) is 97.1 Å². The summed E-state index contributed by atoms with van der Waals surface area (Å²) < 4.78 is 0. The Morgan fingerprint density at radius 1 is 0.362 bits per heavy atom. The van der Waals surface area contributed by atoms with Crippen molar-refractivity contribution in [3.8, 4) is 0 Å². The highest BCUT2D eigenvalue weighted by Crippen LogP contribution is 2.40. The van der Waals surface area contributed by atoms with E-state index in [2.05, 4.69) is 5.32 Å². The van der Waals surface area contributed by atoms with Crippen LogP contribution in [0.3, 0.4) is 0 Å². The van der Waals surface area contributed by atoms with Gasteiger partial charge < -0.3 is 5.32 Å². The molecule has 0 aromatic heterocycles. The van der Waals surface area contributed by atoms with Crippen molar-refractivity contribution in [2.45, 2.75) is 19.3 Å². The van der Waals surface area contributed by atoms with E-state index in [1.807, 2.05) is 0 Å². The van der Waals surface area contributed by atoms with Crippen molar-refractivity contribution >= 4 is 68.3 Å². The van der Waals surface area contributed by atoms with Crippen LogP contribution >= 0.6 is 0 Å². The van der Waals surface area contributed by atoms with Gasteiger partial charge in [0.1, 0.15) is 0 Å². The smallest absolute Gasteiger partial charge is 0.261 e. The van der Waals surface area contributed by atoms with Gasteiger partial charge >= 0.3 is 0 Å². The normalized spacial score (nSPS) is 15.3. The van der Waals surface area contributed by atoms with Crippen LogP contribution in [0.5, 0.6) is 0 Å². The molecule has 1 N–H and O–H groups in total. The minimum absolute atomic E-state index is 0.123. The van der Waals surface area contributed by atoms with Gasteiger partial charge in [-0.3, -0.25) is 48.2 Å². The molecule has 0 spiro atoms. The number of carbonyl (C=O) groups excluding carboxylic acids is 8. The topological polar surface area (TPSA) is 155 Å². The number of ketones is 4.